The van der Waals surface area contributed by atoms with Crippen molar-refractivity contribution in [2.24, 2.45) is 5.92 Å². The number of pyridine rings is 1. The van der Waals surface area contributed by atoms with Crippen LogP contribution in [0.25, 0.3) is 0 Å². The lowest BCUT2D eigenvalue weighted by molar-refractivity contribution is -0.122. The van der Waals surface area contributed by atoms with Crippen LogP contribution < -0.4 is 4.90 Å². The molecule has 0 bridgehead atoms. The van der Waals surface area contributed by atoms with Crippen LogP contribution in [0.5, 0.6) is 0 Å². The van der Waals surface area contributed by atoms with Gasteiger partial charge in [-0.25, -0.2) is 4.98 Å². The third-order valence-corrected chi connectivity index (χ3v) is 3.43. The highest BCUT2D eigenvalue weighted by Crippen LogP contribution is 2.22. The van der Waals surface area contributed by atoms with Crippen molar-refractivity contribution < 1.29 is 9.53 Å². The maximum absolute atomic E-state index is 12.4. The van der Waals surface area contributed by atoms with Crippen LogP contribution in [-0.4, -0.2) is 31.2 Å². The molecule has 2 rings (SSSR count). The van der Waals surface area contributed by atoms with E-state index in [-0.39, 0.29) is 11.8 Å². The van der Waals surface area contributed by atoms with Gasteiger partial charge in [0.15, 0.2) is 0 Å². The van der Waals surface area contributed by atoms with Crippen molar-refractivity contribution in [3.63, 3.8) is 0 Å². The topological polar surface area (TPSA) is 42.4 Å². The second-order valence-corrected chi connectivity index (χ2v) is 4.78. The molecule has 1 unspecified atom stereocenters. The third-order valence-electron chi connectivity index (χ3n) is 3.43. The van der Waals surface area contributed by atoms with E-state index in [9.17, 15) is 4.79 Å². The zero-order valence-electron chi connectivity index (χ0n) is 11.1. The smallest absolute Gasteiger partial charge is 0.231 e. The number of hydrogen-bond acceptors (Lipinski definition) is 3. The first-order chi connectivity index (χ1) is 8.70. The van der Waals surface area contributed by atoms with Crippen molar-refractivity contribution in [3.05, 3.63) is 23.9 Å². The second kappa shape index (κ2) is 5.96. The van der Waals surface area contributed by atoms with E-state index in [2.05, 4.69) is 4.98 Å². The summed E-state index contributed by atoms with van der Waals surface area (Å²) in [4.78, 5) is 18.4. The molecule has 1 saturated heterocycles. The van der Waals surface area contributed by atoms with E-state index in [4.69, 9.17) is 4.74 Å². The van der Waals surface area contributed by atoms with Gasteiger partial charge in [0.1, 0.15) is 5.82 Å². The number of carbonyl (C=O) groups is 1. The van der Waals surface area contributed by atoms with E-state index in [0.29, 0.717) is 6.61 Å². The van der Waals surface area contributed by atoms with E-state index in [0.717, 1.165) is 37.3 Å². The van der Waals surface area contributed by atoms with Gasteiger partial charge >= 0.3 is 0 Å². The van der Waals surface area contributed by atoms with Crippen molar-refractivity contribution in [1.29, 1.82) is 0 Å². The molecule has 1 amide bonds. The lowest BCUT2D eigenvalue weighted by atomic mass is 9.99. The van der Waals surface area contributed by atoms with Crippen molar-refractivity contribution in [2.45, 2.75) is 26.2 Å². The summed E-state index contributed by atoms with van der Waals surface area (Å²) in [6.07, 6.45) is 4.41. The van der Waals surface area contributed by atoms with Gasteiger partial charge in [-0.1, -0.05) is 6.07 Å². The molecule has 1 aromatic rings. The Bertz CT molecular complexity index is 412. The molecule has 1 atom stereocenters. The zero-order valence-corrected chi connectivity index (χ0v) is 11.1. The van der Waals surface area contributed by atoms with Crippen LogP contribution in [0.1, 0.15) is 24.8 Å². The van der Waals surface area contributed by atoms with Crippen LogP contribution in [0.4, 0.5) is 5.82 Å². The Kier molecular flexibility index (Phi) is 4.31. The quantitative estimate of drug-likeness (QED) is 0.805. The van der Waals surface area contributed by atoms with Crippen molar-refractivity contribution >= 4 is 11.7 Å². The van der Waals surface area contributed by atoms with Gasteiger partial charge < -0.3 is 4.74 Å². The number of hydrogen-bond donors (Lipinski definition) is 0. The van der Waals surface area contributed by atoms with Gasteiger partial charge in [-0.2, -0.15) is 0 Å². The first kappa shape index (κ1) is 13.0. The number of nitrogens with zero attached hydrogens (tertiary/aromatic N) is 2. The molecule has 18 heavy (non-hydrogen) atoms. The van der Waals surface area contributed by atoms with E-state index < -0.39 is 0 Å². The van der Waals surface area contributed by atoms with Gasteiger partial charge in [0.2, 0.25) is 5.91 Å². The molecule has 1 aliphatic heterocycles. The maximum atomic E-state index is 12.4. The van der Waals surface area contributed by atoms with Crippen LogP contribution >= 0.6 is 0 Å². The summed E-state index contributed by atoms with van der Waals surface area (Å²) < 4.78 is 5.40. The monoisotopic (exact) mass is 248 g/mol. The molecular weight excluding hydrogens is 228 g/mol. The number of anilines is 1. The van der Waals surface area contributed by atoms with E-state index in [1.807, 2.05) is 26.1 Å². The number of rotatable bonds is 2. The third kappa shape index (κ3) is 2.88. The van der Waals surface area contributed by atoms with E-state index in [1.165, 1.54) is 0 Å². The van der Waals surface area contributed by atoms with Gasteiger partial charge in [-0.3, -0.25) is 9.69 Å². The van der Waals surface area contributed by atoms with E-state index in [1.54, 1.807) is 11.1 Å². The molecule has 0 N–H and O–H groups in total. The number of carbonyl (C=O) groups excluding carboxylic acids is 1. The maximum Gasteiger partial charge on any atom is 0.231 e. The Labute approximate surface area is 108 Å². The standard InChI is InChI=1S/C14H20N2O2/c1-11-5-3-8-15-13(11)16(2)14(17)12-6-4-9-18-10-7-12/h3,5,8,12H,4,6-7,9-10H2,1-2H3. The Morgan fingerprint density at radius 1 is 1.44 bits per heavy atom. The van der Waals surface area contributed by atoms with Crippen LogP contribution in [0.3, 0.4) is 0 Å². The van der Waals surface area contributed by atoms with Gasteiger partial charge in [-0.15, -0.1) is 0 Å². The van der Waals surface area contributed by atoms with E-state index >= 15 is 0 Å². The summed E-state index contributed by atoms with van der Waals surface area (Å²) in [5.74, 6) is 0.980. The van der Waals surface area contributed by atoms with Gasteiger partial charge in [-0.05, 0) is 37.8 Å². The van der Waals surface area contributed by atoms with Crippen LogP contribution in [0, 0.1) is 12.8 Å². The van der Waals surface area contributed by atoms with Gasteiger partial charge in [0, 0.05) is 32.4 Å². The summed E-state index contributed by atoms with van der Waals surface area (Å²) in [5, 5.41) is 0. The number of aromatic nitrogens is 1. The van der Waals surface area contributed by atoms with Crippen LogP contribution in [0.15, 0.2) is 18.3 Å². The molecule has 0 radical (unpaired) electrons. The molecule has 98 valence electrons. The largest absolute Gasteiger partial charge is 0.381 e. The van der Waals surface area contributed by atoms with Crippen LogP contribution in [0.2, 0.25) is 0 Å². The number of amides is 1. The molecule has 1 aliphatic rings. The van der Waals surface area contributed by atoms with Crippen LogP contribution in [-0.2, 0) is 9.53 Å². The Morgan fingerprint density at radius 3 is 3.06 bits per heavy atom. The van der Waals surface area contributed by atoms with Gasteiger partial charge in [0.05, 0.1) is 0 Å². The van der Waals surface area contributed by atoms with Crippen molar-refractivity contribution in [1.82, 2.24) is 4.98 Å². The summed E-state index contributed by atoms with van der Waals surface area (Å²) >= 11 is 0. The first-order valence-corrected chi connectivity index (χ1v) is 6.47. The predicted molar refractivity (Wildman–Crippen MR) is 70.5 cm³/mol. The fourth-order valence-electron chi connectivity index (χ4n) is 2.36. The minimum atomic E-state index is 0.0684. The Balaban J connectivity index is 2.10. The van der Waals surface area contributed by atoms with Gasteiger partial charge in [0.25, 0.3) is 0 Å². The molecular formula is C14H20N2O2. The molecule has 0 aliphatic carbocycles. The number of aryl methyl sites for hydroxylation is 1. The average Bonchev–Trinajstić information content (AvgIpc) is 2.66. The minimum absolute atomic E-state index is 0.0684. The summed E-state index contributed by atoms with van der Waals surface area (Å²) in [6, 6.07) is 3.86. The zero-order chi connectivity index (χ0) is 13.0. The summed E-state index contributed by atoms with van der Waals surface area (Å²) in [6.45, 7) is 3.43. The average molecular weight is 248 g/mol. The SMILES string of the molecule is Cc1cccnc1N(C)C(=O)C1CCCOCC1. The predicted octanol–water partition coefficient (Wildman–Crippen LogP) is 2.17. The normalized spacial score (nSPS) is 20.2. The highest BCUT2D eigenvalue weighted by molar-refractivity contribution is 5.94. The molecule has 4 heteroatoms. The molecule has 1 aromatic heterocycles. The molecule has 0 aromatic carbocycles. The lowest BCUT2D eigenvalue weighted by Crippen LogP contribution is -2.34. The van der Waals surface area contributed by atoms with Crippen molar-refractivity contribution in [2.75, 3.05) is 25.2 Å². The summed E-state index contributed by atoms with van der Waals surface area (Å²) in [7, 11) is 1.81. The summed E-state index contributed by atoms with van der Waals surface area (Å²) in [5.41, 5.74) is 1.03. The highest BCUT2D eigenvalue weighted by atomic mass is 16.5. The molecule has 0 saturated carbocycles. The molecule has 0 spiro atoms. The Morgan fingerprint density at radius 2 is 2.28 bits per heavy atom. The molecule has 1 fully saturated rings. The van der Waals surface area contributed by atoms with Crippen molar-refractivity contribution in [3.8, 4) is 0 Å². The molecule has 2 heterocycles. The second-order valence-electron chi connectivity index (χ2n) is 4.78. The number of ether oxygens (including phenoxy) is 1. The Hall–Kier alpha value is -1.42. The lowest BCUT2D eigenvalue weighted by Gasteiger charge is -2.23. The molecule has 4 nitrogen and oxygen atoms in total. The highest BCUT2D eigenvalue weighted by Gasteiger charge is 2.25. The fraction of sp³-hybridized carbons (Fsp3) is 0.571. The minimum Gasteiger partial charge on any atom is -0.381 e. The fourth-order valence-corrected chi connectivity index (χ4v) is 2.36. The first-order valence-electron chi connectivity index (χ1n) is 6.47.